The molecule has 1 amide bonds. The van der Waals surface area contributed by atoms with Gasteiger partial charge < -0.3 is 15.8 Å². The average molecular weight is 381 g/mol. The Morgan fingerprint density at radius 1 is 1.40 bits per heavy atom. The number of hydrogen-bond acceptors (Lipinski definition) is 8. The van der Waals surface area contributed by atoms with Crippen LogP contribution in [0.4, 0.5) is 5.95 Å². The zero-order chi connectivity index (χ0) is 18.0. The number of aromatic amines is 1. The molecule has 0 aliphatic heterocycles. The van der Waals surface area contributed by atoms with Crippen molar-refractivity contribution in [2.24, 2.45) is 5.73 Å². The lowest BCUT2D eigenvalue weighted by molar-refractivity contribution is -0.394. The van der Waals surface area contributed by atoms with Crippen molar-refractivity contribution in [2.75, 3.05) is 0 Å². The molecule has 11 nitrogen and oxygen atoms in total. The number of amides is 1. The summed E-state index contributed by atoms with van der Waals surface area (Å²) >= 11 is 7.00. The number of nitrogens with two attached hydrogens (primary N) is 1. The number of rotatable bonds is 6. The van der Waals surface area contributed by atoms with Gasteiger partial charge in [0.1, 0.15) is 6.54 Å². The van der Waals surface area contributed by atoms with E-state index in [9.17, 15) is 14.9 Å². The number of carbonyl (C=O) groups excluding carboxylic acids is 1. The molecule has 0 aliphatic rings. The van der Waals surface area contributed by atoms with Gasteiger partial charge in [0.2, 0.25) is 11.1 Å². The van der Waals surface area contributed by atoms with E-state index in [2.05, 4.69) is 25.3 Å². The Morgan fingerprint density at radius 3 is 2.84 bits per heavy atom. The monoisotopic (exact) mass is 380 g/mol. The summed E-state index contributed by atoms with van der Waals surface area (Å²) in [6.07, 6.45) is 0. The molecule has 25 heavy (non-hydrogen) atoms. The van der Waals surface area contributed by atoms with Crippen LogP contribution in [0.3, 0.4) is 0 Å². The number of nitro groups is 1. The predicted octanol–water partition coefficient (Wildman–Crippen LogP) is 1.26. The molecule has 128 valence electrons. The Hall–Kier alpha value is -2.99. The Bertz CT molecular complexity index is 955. The number of H-pyrrole nitrogens is 1. The summed E-state index contributed by atoms with van der Waals surface area (Å²) in [6.45, 7) is -0.356. The summed E-state index contributed by atoms with van der Waals surface area (Å²) in [5.74, 6) is -0.942. The van der Waals surface area contributed by atoms with Crippen LogP contribution in [0.5, 0.6) is 0 Å². The highest BCUT2D eigenvalue weighted by molar-refractivity contribution is 7.99. The average Bonchev–Trinajstić information content (AvgIpc) is 3.15. The number of hydrogen-bond donors (Lipinski definition) is 2. The van der Waals surface area contributed by atoms with Crippen LogP contribution in [-0.4, -0.2) is 40.8 Å². The van der Waals surface area contributed by atoms with Gasteiger partial charge in [0.25, 0.3) is 5.16 Å². The van der Waals surface area contributed by atoms with Crippen molar-refractivity contribution in [1.29, 1.82) is 0 Å². The molecule has 3 rings (SSSR count). The quantitative estimate of drug-likeness (QED) is 0.477. The molecule has 0 bridgehead atoms. The minimum atomic E-state index is -0.769. The van der Waals surface area contributed by atoms with E-state index >= 15 is 0 Å². The maximum atomic E-state index is 11.1. The molecule has 0 spiro atoms. The second-order valence-corrected chi connectivity index (χ2v) is 5.97. The van der Waals surface area contributed by atoms with E-state index in [0.29, 0.717) is 16.4 Å². The molecule has 0 fully saturated rings. The van der Waals surface area contributed by atoms with Crippen molar-refractivity contribution in [3.8, 4) is 11.4 Å². The van der Waals surface area contributed by atoms with E-state index in [0.717, 1.165) is 16.4 Å². The number of carbonyl (C=O) groups is 1. The number of halogens is 1. The van der Waals surface area contributed by atoms with Gasteiger partial charge in [0.15, 0.2) is 5.82 Å². The number of benzene rings is 1. The molecule has 13 heteroatoms. The lowest BCUT2D eigenvalue weighted by atomic mass is 10.2. The summed E-state index contributed by atoms with van der Waals surface area (Å²) in [6, 6.07) is 7.05. The van der Waals surface area contributed by atoms with Crippen LogP contribution in [-0.2, 0) is 11.3 Å². The van der Waals surface area contributed by atoms with Crippen LogP contribution in [0.2, 0.25) is 5.02 Å². The van der Waals surface area contributed by atoms with E-state index < -0.39 is 16.8 Å². The second-order valence-electron chi connectivity index (χ2n) is 4.62. The molecule has 3 N–H and O–H groups in total. The largest absolute Gasteiger partial charge is 0.492 e. The molecule has 0 aliphatic carbocycles. The van der Waals surface area contributed by atoms with Crippen LogP contribution in [0.25, 0.3) is 11.4 Å². The molecule has 0 saturated carbocycles. The first-order chi connectivity index (χ1) is 11.9. The van der Waals surface area contributed by atoms with Gasteiger partial charge in [-0.05, 0) is 22.0 Å². The van der Waals surface area contributed by atoms with Gasteiger partial charge in [-0.15, -0.1) is 5.10 Å². The van der Waals surface area contributed by atoms with E-state index in [-0.39, 0.29) is 16.9 Å². The van der Waals surface area contributed by atoms with Crippen LogP contribution in [0.15, 0.2) is 34.6 Å². The molecule has 0 unspecified atom stereocenters. The summed E-state index contributed by atoms with van der Waals surface area (Å²) < 4.78 is 1.02. The molecule has 2 heterocycles. The third kappa shape index (κ3) is 3.75. The van der Waals surface area contributed by atoms with Gasteiger partial charge in [-0.1, -0.05) is 23.7 Å². The van der Waals surface area contributed by atoms with Crippen LogP contribution >= 0.6 is 23.4 Å². The van der Waals surface area contributed by atoms with Crippen molar-refractivity contribution in [3.63, 3.8) is 0 Å². The zero-order valence-corrected chi connectivity index (χ0v) is 13.9. The molecule has 0 atom stereocenters. The minimum Gasteiger partial charge on any atom is -0.390 e. The summed E-state index contributed by atoms with van der Waals surface area (Å²) in [4.78, 5) is 29.1. The Balaban J connectivity index is 1.89. The number of aromatic nitrogens is 6. The van der Waals surface area contributed by atoms with Gasteiger partial charge in [0.05, 0.1) is 5.02 Å². The Morgan fingerprint density at radius 2 is 2.16 bits per heavy atom. The maximum Gasteiger partial charge on any atom is 0.492 e. The van der Waals surface area contributed by atoms with Crippen molar-refractivity contribution >= 4 is 35.2 Å². The third-order valence-corrected chi connectivity index (χ3v) is 4.05. The standard InChI is InChI=1S/C12H9ClN8O3S/c13-7-4-2-1-3-6(7)9-15-11(18-17-9)25-12-16-10(21(23)24)19-20(12)5-8(14)22/h1-4H,5H2,(H2,14,22)(H,15,17,18). The van der Waals surface area contributed by atoms with E-state index in [1.54, 1.807) is 24.3 Å². The lowest BCUT2D eigenvalue weighted by Crippen LogP contribution is -2.20. The summed E-state index contributed by atoms with van der Waals surface area (Å²) in [7, 11) is 0. The number of nitrogens with one attached hydrogen (secondary N) is 1. The van der Waals surface area contributed by atoms with E-state index in [4.69, 9.17) is 17.3 Å². The normalized spacial score (nSPS) is 10.8. The smallest absolute Gasteiger partial charge is 0.390 e. The fourth-order valence-electron chi connectivity index (χ4n) is 1.87. The first kappa shape index (κ1) is 16.9. The molecule has 0 saturated heterocycles. The highest BCUT2D eigenvalue weighted by atomic mass is 35.5. The van der Waals surface area contributed by atoms with Gasteiger partial charge in [-0.3, -0.25) is 9.89 Å². The van der Waals surface area contributed by atoms with Gasteiger partial charge in [-0.2, -0.15) is 4.68 Å². The number of nitrogens with zero attached hydrogens (tertiary/aromatic N) is 6. The van der Waals surface area contributed by atoms with Crippen molar-refractivity contribution < 1.29 is 9.72 Å². The van der Waals surface area contributed by atoms with Crippen molar-refractivity contribution in [2.45, 2.75) is 16.9 Å². The highest BCUT2D eigenvalue weighted by Crippen LogP contribution is 2.29. The van der Waals surface area contributed by atoms with Crippen LogP contribution in [0.1, 0.15) is 0 Å². The fraction of sp³-hybridized carbons (Fsp3) is 0.0833. The van der Waals surface area contributed by atoms with Crippen molar-refractivity contribution in [1.82, 2.24) is 29.9 Å². The number of primary amides is 1. The third-order valence-electron chi connectivity index (χ3n) is 2.87. The molecule has 3 aromatic rings. The summed E-state index contributed by atoms with van der Waals surface area (Å²) in [5.41, 5.74) is 5.76. The Kier molecular flexibility index (Phi) is 4.63. The topological polar surface area (TPSA) is 159 Å². The SMILES string of the molecule is NC(=O)Cn1nc([N+](=O)[O-])nc1Sc1n[nH]c(-c2ccccc2Cl)n1. The van der Waals surface area contributed by atoms with E-state index in [1.807, 2.05) is 0 Å². The molecule has 0 radical (unpaired) electrons. The lowest BCUT2D eigenvalue weighted by Gasteiger charge is -1.97. The first-order valence-corrected chi connectivity index (χ1v) is 7.86. The predicted molar refractivity (Wildman–Crippen MR) is 86.8 cm³/mol. The second kappa shape index (κ2) is 6.86. The highest BCUT2D eigenvalue weighted by Gasteiger charge is 2.25. The Labute approximate surface area is 148 Å². The van der Waals surface area contributed by atoms with E-state index in [1.165, 1.54) is 0 Å². The molecular weight excluding hydrogens is 372 g/mol. The van der Waals surface area contributed by atoms with Crippen LogP contribution in [0, 0.1) is 10.1 Å². The molecular formula is C12H9ClN8O3S. The van der Waals surface area contributed by atoms with Gasteiger partial charge in [-0.25, -0.2) is 4.98 Å². The zero-order valence-electron chi connectivity index (χ0n) is 12.3. The molecule has 2 aromatic heterocycles. The fourth-order valence-corrected chi connectivity index (χ4v) is 2.82. The maximum absolute atomic E-state index is 11.1. The minimum absolute atomic E-state index is 0.0650. The summed E-state index contributed by atoms with van der Waals surface area (Å²) in [5, 5.41) is 22.0. The molecule has 1 aromatic carbocycles. The first-order valence-electron chi connectivity index (χ1n) is 6.66. The van der Waals surface area contributed by atoms with Crippen molar-refractivity contribution in [3.05, 3.63) is 39.4 Å². The van der Waals surface area contributed by atoms with Crippen LogP contribution < -0.4 is 5.73 Å². The van der Waals surface area contributed by atoms with Gasteiger partial charge in [0, 0.05) is 22.4 Å². The van der Waals surface area contributed by atoms with Gasteiger partial charge >= 0.3 is 5.95 Å².